The van der Waals surface area contributed by atoms with Gasteiger partial charge in [0, 0.05) is 64.4 Å². The highest BCUT2D eigenvalue weighted by atomic mass is 16.5. The minimum absolute atomic E-state index is 0.223. The highest BCUT2D eigenvalue weighted by Crippen LogP contribution is 2.21. The van der Waals surface area contributed by atoms with E-state index in [1.165, 1.54) is 5.56 Å². The molecule has 0 aliphatic carbocycles. The molecule has 1 aromatic rings. The number of likely N-dealkylation sites (N-methyl/N-ethyl adjacent to an activating group) is 2. The number of ether oxygens (including phenoxy) is 1. The van der Waals surface area contributed by atoms with Crippen LogP contribution < -0.4 is 4.74 Å². The molecule has 0 saturated carbocycles. The first kappa shape index (κ1) is 21.5. The number of aliphatic hydroxyl groups excluding tert-OH is 1. The summed E-state index contributed by atoms with van der Waals surface area (Å²) >= 11 is 0. The molecule has 28 heavy (non-hydrogen) atoms. The lowest BCUT2D eigenvalue weighted by molar-refractivity contribution is 0.0360. The molecule has 0 spiro atoms. The first-order valence-corrected chi connectivity index (χ1v) is 10.6. The van der Waals surface area contributed by atoms with Crippen molar-refractivity contribution in [3.63, 3.8) is 0 Å². The summed E-state index contributed by atoms with van der Waals surface area (Å²) < 4.78 is 5.82. The molecule has 2 fully saturated rings. The second kappa shape index (κ2) is 9.55. The Labute approximate surface area is 170 Å². The minimum Gasteiger partial charge on any atom is -0.491 e. The van der Waals surface area contributed by atoms with Crippen LogP contribution in [0.5, 0.6) is 5.75 Å². The third kappa shape index (κ3) is 6.16. The summed E-state index contributed by atoms with van der Waals surface area (Å²) in [5, 5.41) is 10.3. The molecule has 0 aromatic heterocycles. The van der Waals surface area contributed by atoms with Gasteiger partial charge in [-0.15, -0.1) is 0 Å². The van der Waals surface area contributed by atoms with Crippen molar-refractivity contribution < 1.29 is 9.84 Å². The third-order valence-corrected chi connectivity index (χ3v) is 6.23. The highest BCUT2D eigenvalue weighted by Gasteiger charge is 2.30. The third-order valence-electron chi connectivity index (χ3n) is 6.23. The number of β-amino-alcohol motifs (C(OH)–C–C–N with tert-alkyl or cyclic N) is 1. The molecule has 0 radical (unpaired) electrons. The van der Waals surface area contributed by atoms with E-state index >= 15 is 0 Å². The van der Waals surface area contributed by atoms with E-state index in [1.807, 2.05) is 12.1 Å². The molecule has 1 aromatic carbocycles. The van der Waals surface area contributed by atoms with Gasteiger partial charge in [-0.3, -0.25) is 14.7 Å². The number of nitrogens with zero attached hydrogens (tertiary/aromatic N) is 4. The molecule has 0 amide bonds. The van der Waals surface area contributed by atoms with E-state index in [-0.39, 0.29) is 5.54 Å². The van der Waals surface area contributed by atoms with Crippen LogP contribution in [-0.2, 0) is 6.54 Å². The molecular weight excluding hydrogens is 352 g/mol. The normalized spacial score (nSPS) is 23.6. The summed E-state index contributed by atoms with van der Waals surface area (Å²) in [4.78, 5) is 9.60. The molecule has 3 rings (SSSR count). The zero-order chi connectivity index (χ0) is 20.1. The topological polar surface area (TPSA) is 42.4 Å². The van der Waals surface area contributed by atoms with Crippen LogP contribution in [0, 0.1) is 0 Å². The molecule has 6 heteroatoms. The molecule has 1 atom stereocenters. The van der Waals surface area contributed by atoms with Crippen molar-refractivity contribution in [2.75, 3.05) is 73.1 Å². The van der Waals surface area contributed by atoms with Crippen LogP contribution in [0.3, 0.4) is 0 Å². The monoisotopic (exact) mass is 390 g/mol. The summed E-state index contributed by atoms with van der Waals surface area (Å²) in [5.41, 5.74) is 1.53. The van der Waals surface area contributed by atoms with E-state index in [0.717, 1.165) is 58.1 Å². The van der Waals surface area contributed by atoms with Gasteiger partial charge >= 0.3 is 0 Å². The number of piperazine rings is 2. The second-order valence-corrected chi connectivity index (χ2v) is 9.16. The van der Waals surface area contributed by atoms with Gasteiger partial charge in [0.05, 0.1) is 0 Å². The Hall–Kier alpha value is -1.18. The summed E-state index contributed by atoms with van der Waals surface area (Å²) in [6, 6.07) is 8.35. The van der Waals surface area contributed by atoms with E-state index < -0.39 is 6.10 Å². The molecule has 6 nitrogen and oxygen atoms in total. The van der Waals surface area contributed by atoms with Crippen molar-refractivity contribution in [3.8, 4) is 5.75 Å². The lowest BCUT2D eigenvalue weighted by Gasteiger charge is -2.45. The summed E-state index contributed by atoms with van der Waals surface area (Å²) in [5.74, 6) is 0.833. The van der Waals surface area contributed by atoms with Crippen molar-refractivity contribution >= 4 is 0 Å². The van der Waals surface area contributed by atoms with Gasteiger partial charge in [0.25, 0.3) is 0 Å². The lowest BCUT2D eigenvalue weighted by Crippen LogP contribution is -2.57. The van der Waals surface area contributed by atoms with Crippen LogP contribution in [0.1, 0.15) is 19.4 Å². The standard InChI is InChI=1S/C22H38N4O2/c1-22(2)18-26(14-11-24(22)4)15-19-5-7-21(8-6-19)28-17-20(27)16-25-12-9-23(3)10-13-25/h5-8,20,27H,9-18H2,1-4H3/t20-/m1/s1. The van der Waals surface area contributed by atoms with Crippen LogP contribution in [0.15, 0.2) is 24.3 Å². The minimum atomic E-state index is -0.448. The average Bonchev–Trinajstić information content (AvgIpc) is 2.66. The predicted molar refractivity (Wildman–Crippen MR) is 114 cm³/mol. The number of hydrogen-bond acceptors (Lipinski definition) is 6. The molecular formula is C22H38N4O2. The maximum absolute atomic E-state index is 10.3. The number of rotatable bonds is 7. The fraction of sp³-hybridized carbons (Fsp3) is 0.727. The zero-order valence-corrected chi connectivity index (χ0v) is 18.1. The Kier molecular flexibility index (Phi) is 7.34. The van der Waals surface area contributed by atoms with Crippen LogP contribution in [0.4, 0.5) is 0 Å². The fourth-order valence-electron chi connectivity index (χ4n) is 4.00. The maximum atomic E-state index is 10.3. The zero-order valence-electron chi connectivity index (χ0n) is 18.1. The predicted octanol–water partition coefficient (Wildman–Crippen LogP) is 1.20. The Morgan fingerprint density at radius 3 is 2.25 bits per heavy atom. The first-order valence-electron chi connectivity index (χ1n) is 10.6. The summed E-state index contributed by atoms with van der Waals surface area (Å²) in [6.07, 6.45) is -0.448. The first-order chi connectivity index (χ1) is 13.3. The molecule has 2 aliphatic heterocycles. The molecule has 1 N–H and O–H groups in total. The Bertz CT molecular complexity index is 599. The van der Waals surface area contributed by atoms with Crippen LogP contribution in [0.25, 0.3) is 0 Å². The van der Waals surface area contributed by atoms with Crippen molar-refractivity contribution in [1.82, 2.24) is 19.6 Å². The van der Waals surface area contributed by atoms with Gasteiger partial charge in [-0.1, -0.05) is 12.1 Å². The van der Waals surface area contributed by atoms with Crippen molar-refractivity contribution in [2.45, 2.75) is 32.0 Å². The fourth-order valence-corrected chi connectivity index (χ4v) is 4.00. The van der Waals surface area contributed by atoms with E-state index in [2.05, 4.69) is 59.7 Å². The Morgan fingerprint density at radius 1 is 0.964 bits per heavy atom. The molecule has 0 bridgehead atoms. The maximum Gasteiger partial charge on any atom is 0.119 e. The molecule has 158 valence electrons. The molecule has 0 unspecified atom stereocenters. The van der Waals surface area contributed by atoms with Gasteiger partial charge < -0.3 is 14.7 Å². The van der Waals surface area contributed by atoms with Gasteiger partial charge in [-0.25, -0.2) is 0 Å². The molecule has 2 aliphatic rings. The van der Waals surface area contributed by atoms with Crippen LogP contribution in [-0.4, -0.2) is 109 Å². The SMILES string of the molecule is CN1CCN(C[C@@H](O)COc2ccc(CN3CCN(C)C(C)(C)C3)cc2)CC1. The lowest BCUT2D eigenvalue weighted by atomic mass is 9.99. The van der Waals surface area contributed by atoms with E-state index in [4.69, 9.17) is 4.74 Å². The quantitative estimate of drug-likeness (QED) is 0.755. The van der Waals surface area contributed by atoms with Gasteiger partial charge in [0.2, 0.25) is 0 Å². The smallest absolute Gasteiger partial charge is 0.119 e. The van der Waals surface area contributed by atoms with Gasteiger partial charge in [0.1, 0.15) is 18.5 Å². The Morgan fingerprint density at radius 2 is 1.61 bits per heavy atom. The van der Waals surface area contributed by atoms with Gasteiger partial charge in [0.15, 0.2) is 0 Å². The second-order valence-electron chi connectivity index (χ2n) is 9.16. The number of aliphatic hydroxyl groups is 1. The van der Waals surface area contributed by atoms with Crippen molar-refractivity contribution in [3.05, 3.63) is 29.8 Å². The van der Waals surface area contributed by atoms with Gasteiger partial charge in [-0.2, -0.15) is 0 Å². The molecule has 2 saturated heterocycles. The Balaban J connectivity index is 1.40. The number of hydrogen-bond donors (Lipinski definition) is 1. The van der Waals surface area contributed by atoms with Gasteiger partial charge in [-0.05, 0) is 45.6 Å². The van der Waals surface area contributed by atoms with Crippen LogP contribution in [0.2, 0.25) is 0 Å². The largest absolute Gasteiger partial charge is 0.491 e. The molecule has 2 heterocycles. The summed E-state index contributed by atoms with van der Waals surface area (Å²) in [6.45, 7) is 14.1. The van der Waals surface area contributed by atoms with Crippen molar-refractivity contribution in [1.29, 1.82) is 0 Å². The van der Waals surface area contributed by atoms with E-state index in [9.17, 15) is 5.11 Å². The average molecular weight is 391 g/mol. The van der Waals surface area contributed by atoms with Crippen LogP contribution >= 0.6 is 0 Å². The van der Waals surface area contributed by atoms with E-state index in [1.54, 1.807) is 0 Å². The number of benzene rings is 1. The van der Waals surface area contributed by atoms with Crippen molar-refractivity contribution in [2.24, 2.45) is 0 Å². The summed E-state index contributed by atoms with van der Waals surface area (Å²) in [7, 11) is 4.35. The highest BCUT2D eigenvalue weighted by molar-refractivity contribution is 5.27. The van der Waals surface area contributed by atoms with E-state index in [0.29, 0.717) is 13.2 Å².